The summed E-state index contributed by atoms with van der Waals surface area (Å²) in [5.74, 6) is -0.424. The molecule has 0 aliphatic heterocycles. The second kappa shape index (κ2) is 6.35. The first-order chi connectivity index (χ1) is 9.49. The van der Waals surface area contributed by atoms with E-state index in [0.29, 0.717) is 13.1 Å². The Bertz CT molecular complexity index is 572. The lowest BCUT2D eigenvalue weighted by Gasteiger charge is -2.24. The van der Waals surface area contributed by atoms with Gasteiger partial charge in [0.15, 0.2) is 0 Å². The predicted molar refractivity (Wildman–Crippen MR) is 79.1 cm³/mol. The average Bonchev–Trinajstić information content (AvgIpc) is 2.44. The van der Waals surface area contributed by atoms with Gasteiger partial charge >= 0.3 is 0 Å². The Morgan fingerprint density at radius 3 is 2.55 bits per heavy atom. The summed E-state index contributed by atoms with van der Waals surface area (Å²) < 4.78 is 13.0. The number of benzene rings is 2. The van der Waals surface area contributed by atoms with Crippen LogP contribution in [-0.2, 0) is 12.1 Å². The first kappa shape index (κ1) is 15.0. The lowest BCUT2D eigenvalue weighted by molar-refractivity contribution is 0.0567. The van der Waals surface area contributed by atoms with Gasteiger partial charge in [-0.3, -0.25) is 0 Å². The maximum absolute atomic E-state index is 13.0. The number of rotatable bonds is 5. The van der Waals surface area contributed by atoms with Crippen LogP contribution in [0.1, 0.15) is 18.1 Å². The van der Waals surface area contributed by atoms with Crippen molar-refractivity contribution >= 4 is 11.6 Å². The molecule has 0 aromatic heterocycles. The minimum Gasteiger partial charge on any atom is -0.384 e. The molecular weight excluding hydrogens is 277 g/mol. The monoisotopic (exact) mass is 293 g/mol. The van der Waals surface area contributed by atoms with Crippen LogP contribution in [0.3, 0.4) is 0 Å². The lowest BCUT2D eigenvalue weighted by Crippen LogP contribution is -2.35. The van der Waals surface area contributed by atoms with E-state index in [2.05, 4.69) is 5.32 Å². The topological polar surface area (TPSA) is 32.3 Å². The molecule has 20 heavy (non-hydrogen) atoms. The third-order valence-electron chi connectivity index (χ3n) is 3.18. The summed E-state index contributed by atoms with van der Waals surface area (Å²) in [7, 11) is 0. The van der Waals surface area contributed by atoms with Crippen LogP contribution >= 0.6 is 11.6 Å². The minimum atomic E-state index is -0.953. The summed E-state index contributed by atoms with van der Waals surface area (Å²) in [6.45, 7) is 2.67. The van der Waals surface area contributed by atoms with E-state index in [4.69, 9.17) is 11.6 Å². The van der Waals surface area contributed by atoms with E-state index in [1.165, 1.54) is 6.07 Å². The van der Waals surface area contributed by atoms with Gasteiger partial charge in [-0.25, -0.2) is 4.39 Å². The highest BCUT2D eigenvalue weighted by molar-refractivity contribution is 6.30. The van der Waals surface area contributed by atoms with Crippen LogP contribution in [0, 0.1) is 5.82 Å². The second-order valence-corrected chi connectivity index (χ2v) is 5.40. The molecule has 0 heterocycles. The number of aliphatic hydroxyl groups is 1. The summed E-state index contributed by atoms with van der Waals surface area (Å²) in [5.41, 5.74) is 0.773. The van der Waals surface area contributed by atoms with Crippen LogP contribution in [0.2, 0.25) is 5.02 Å². The number of nitrogens with one attached hydrogen (secondary N) is 1. The molecule has 1 unspecified atom stereocenters. The smallest absolute Gasteiger partial charge is 0.141 e. The van der Waals surface area contributed by atoms with Gasteiger partial charge in [0.1, 0.15) is 5.82 Å². The maximum atomic E-state index is 13.0. The van der Waals surface area contributed by atoms with Gasteiger partial charge in [-0.2, -0.15) is 0 Å². The van der Waals surface area contributed by atoms with Crippen LogP contribution in [-0.4, -0.2) is 11.7 Å². The molecule has 0 spiro atoms. The van der Waals surface area contributed by atoms with E-state index in [1.54, 1.807) is 19.1 Å². The Hall–Kier alpha value is -1.42. The first-order valence-corrected chi connectivity index (χ1v) is 6.79. The Morgan fingerprint density at radius 1 is 1.20 bits per heavy atom. The minimum absolute atomic E-state index is 0.110. The van der Waals surface area contributed by atoms with E-state index in [0.717, 1.165) is 11.1 Å². The average molecular weight is 294 g/mol. The van der Waals surface area contributed by atoms with Crippen molar-refractivity contribution in [1.29, 1.82) is 0 Å². The molecule has 4 heteroatoms. The number of hydrogen-bond donors (Lipinski definition) is 2. The highest BCUT2D eigenvalue weighted by atomic mass is 35.5. The van der Waals surface area contributed by atoms with Crippen LogP contribution in [0.4, 0.5) is 4.39 Å². The standard InChI is InChI=1S/C16H17ClFNO/c1-16(20,13-5-3-2-4-6-13)11-19-10-12-7-8-15(18)14(17)9-12/h2-9,19-20H,10-11H2,1H3. The van der Waals surface area contributed by atoms with Crippen LogP contribution in [0.25, 0.3) is 0 Å². The van der Waals surface area contributed by atoms with Gasteiger partial charge in [0.05, 0.1) is 10.6 Å². The molecular formula is C16H17ClFNO. The molecule has 0 amide bonds. The molecule has 106 valence electrons. The van der Waals surface area contributed by atoms with Gasteiger partial charge in [0, 0.05) is 13.1 Å². The van der Waals surface area contributed by atoms with E-state index in [9.17, 15) is 9.50 Å². The molecule has 1 atom stereocenters. The Kier molecular flexibility index (Phi) is 4.76. The molecule has 2 aromatic carbocycles. The first-order valence-electron chi connectivity index (χ1n) is 6.41. The summed E-state index contributed by atoms with van der Waals surface area (Å²) >= 11 is 5.73. The third-order valence-corrected chi connectivity index (χ3v) is 3.47. The zero-order chi connectivity index (χ0) is 14.6. The largest absolute Gasteiger partial charge is 0.384 e. The Labute approximate surface area is 123 Å². The van der Waals surface area contributed by atoms with E-state index >= 15 is 0 Å². The number of halogens is 2. The summed E-state index contributed by atoms with van der Waals surface area (Å²) in [6.07, 6.45) is 0. The van der Waals surface area contributed by atoms with E-state index in [1.807, 2.05) is 30.3 Å². The van der Waals surface area contributed by atoms with Crippen molar-refractivity contribution in [3.63, 3.8) is 0 Å². The fourth-order valence-electron chi connectivity index (χ4n) is 2.00. The van der Waals surface area contributed by atoms with Crippen molar-refractivity contribution in [1.82, 2.24) is 5.32 Å². The van der Waals surface area contributed by atoms with E-state index in [-0.39, 0.29) is 5.02 Å². The van der Waals surface area contributed by atoms with Gasteiger partial charge in [0.2, 0.25) is 0 Å². The Balaban J connectivity index is 1.93. The Morgan fingerprint density at radius 2 is 1.90 bits per heavy atom. The fraction of sp³-hybridized carbons (Fsp3) is 0.250. The highest BCUT2D eigenvalue weighted by Gasteiger charge is 2.21. The van der Waals surface area contributed by atoms with Gasteiger partial charge in [0.25, 0.3) is 0 Å². The summed E-state index contributed by atoms with van der Waals surface area (Å²) in [6, 6.07) is 14.1. The molecule has 2 nitrogen and oxygen atoms in total. The maximum Gasteiger partial charge on any atom is 0.141 e. The molecule has 0 bridgehead atoms. The van der Waals surface area contributed by atoms with Crippen LogP contribution in [0.15, 0.2) is 48.5 Å². The molecule has 2 N–H and O–H groups in total. The molecule has 2 rings (SSSR count). The molecule has 0 aliphatic carbocycles. The molecule has 0 saturated carbocycles. The van der Waals surface area contributed by atoms with Gasteiger partial charge < -0.3 is 10.4 Å². The lowest BCUT2D eigenvalue weighted by atomic mass is 9.96. The molecule has 0 radical (unpaired) electrons. The molecule has 2 aromatic rings. The van der Waals surface area contributed by atoms with Crippen molar-refractivity contribution in [2.24, 2.45) is 0 Å². The fourth-order valence-corrected chi connectivity index (χ4v) is 2.20. The van der Waals surface area contributed by atoms with Gasteiger partial charge in [-0.15, -0.1) is 0 Å². The van der Waals surface area contributed by atoms with Gasteiger partial charge in [-0.1, -0.05) is 48.0 Å². The van der Waals surface area contributed by atoms with Crippen molar-refractivity contribution in [3.05, 3.63) is 70.5 Å². The summed E-state index contributed by atoms with van der Waals surface area (Å²) in [4.78, 5) is 0. The van der Waals surface area contributed by atoms with Crippen LogP contribution in [0.5, 0.6) is 0 Å². The van der Waals surface area contributed by atoms with Crippen molar-refractivity contribution in [2.75, 3.05) is 6.54 Å². The van der Waals surface area contributed by atoms with Crippen LogP contribution < -0.4 is 5.32 Å². The second-order valence-electron chi connectivity index (χ2n) is 4.99. The number of hydrogen-bond acceptors (Lipinski definition) is 2. The third kappa shape index (κ3) is 3.79. The van der Waals surface area contributed by atoms with Crippen molar-refractivity contribution in [2.45, 2.75) is 19.1 Å². The van der Waals surface area contributed by atoms with Gasteiger partial charge in [-0.05, 0) is 30.2 Å². The molecule has 0 fully saturated rings. The zero-order valence-corrected chi connectivity index (χ0v) is 12.0. The van der Waals surface area contributed by atoms with Crippen molar-refractivity contribution < 1.29 is 9.50 Å². The van der Waals surface area contributed by atoms with Crippen molar-refractivity contribution in [3.8, 4) is 0 Å². The predicted octanol–water partition coefficient (Wildman–Crippen LogP) is 3.48. The SMILES string of the molecule is CC(O)(CNCc1ccc(F)c(Cl)c1)c1ccccc1. The summed E-state index contributed by atoms with van der Waals surface area (Å²) in [5, 5.41) is 13.7. The highest BCUT2D eigenvalue weighted by Crippen LogP contribution is 2.20. The molecule has 0 saturated heterocycles. The quantitative estimate of drug-likeness (QED) is 0.885. The normalized spacial score (nSPS) is 14.0. The zero-order valence-electron chi connectivity index (χ0n) is 11.2. The van der Waals surface area contributed by atoms with E-state index < -0.39 is 11.4 Å². The molecule has 0 aliphatic rings.